The second-order valence-electron chi connectivity index (χ2n) is 5.39. The zero-order chi connectivity index (χ0) is 15.4. The van der Waals surface area contributed by atoms with Gasteiger partial charge < -0.3 is 10.6 Å². The number of likely N-dealkylation sites (N-methyl/N-ethyl adjacent to an activating group) is 1. The van der Waals surface area contributed by atoms with E-state index in [-0.39, 0.29) is 11.8 Å². The predicted octanol–water partition coefficient (Wildman–Crippen LogP) is 0.630. The summed E-state index contributed by atoms with van der Waals surface area (Å²) in [5, 5.41) is 2.96. The van der Waals surface area contributed by atoms with Crippen molar-refractivity contribution in [3.63, 3.8) is 0 Å². The van der Waals surface area contributed by atoms with Crippen LogP contribution in [0.4, 0.5) is 0 Å². The van der Waals surface area contributed by atoms with Gasteiger partial charge in [0.2, 0.25) is 11.8 Å². The van der Waals surface area contributed by atoms with Gasteiger partial charge in [-0.05, 0) is 12.5 Å². The average Bonchev–Trinajstić information content (AvgIpc) is 2.61. The van der Waals surface area contributed by atoms with Crippen LogP contribution in [0.1, 0.15) is 18.4 Å². The van der Waals surface area contributed by atoms with E-state index in [1.807, 2.05) is 42.5 Å². The zero-order valence-electron chi connectivity index (χ0n) is 12.3. The maximum atomic E-state index is 12.3. The molecule has 3 atom stereocenters. The molecular weight excluding hydrogens is 266 g/mol. The highest BCUT2D eigenvalue weighted by molar-refractivity contribution is 5.86. The minimum absolute atomic E-state index is 0.0576. The number of nitrogens with one attached hydrogen (secondary N) is 1. The van der Waals surface area contributed by atoms with E-state index in [4.69, 9.17) is 5.73 Å². The minimum atomic E-state index is -0.551. The lowest BCUT2D eigenvalue weighted by Crippen LogP contribution is -2.50. The van der Waals surface area contributed by atoms with Gasteiger partial charge in [0.25, 0.3) is 0 Å². The van der Waals surface area contributed by atoms with Crippen molar-refractivity contribution in [2.75, 3.05) is 13.6 Å². The van der Waals surface area contributed by atoms with Gasteiger partial charge in [0.1, 0.15) is 6.04 Å². The Morgan fingerprint density at radius 1 is 1.33 bits per heavy atom. The quantitative estimate of drug-likeness (QED) is 0.798. The predicted molar refractivity (Wildman–Crippen MR) is 81.5 cm³/mol. The van der Waals surface area contributed by atoms with Crippen LogP contribution in [0, 0.1) is 0 Å². The normalized spacial score (nSPS) is 23.7. The van der Waals surface area contributed by atoms with Gasteiger partial charge in [-0.25, -0.2) is 0 Å². The van der Waals surface area contributed by atoms with Crippen LogP contribution >= 0.6 is 0 Å². The summed E-state index contributed by atoms with van der Waals surface area (Å²) in [6, 6.07) is 8.97. The first-order valence-corrected chi connectivity index (χ1v) is 7.02. The van der Waals surface area contributed by atoms with Crippen LogP contribution in [-0.4, -0.2) is 42.4 Å². The van der Waals surface area contributed by atoms with Crippen LogP contribution in [-0.2, 0) is 9.59 Å². The monoisotopic (exact) mass is 287 g/mol. The molecule has 0 unspecified atom stereocenters. The Balaban J connectivity index is 2.18. The molecule has 5 heteroatoms. The van der Waals surface area contributed by atoms with Crippen LogP contribution in [0.3, 0.4) is 0 Å². The summed E-state index contributed by atoms with van der Waals surface area (Å²) < 4.78 is 0. The van der Waals surface area contributed by atoms with Crippen molar-refractivity contribution in [3.05, 3.63) is 48.0 Å². The standard InChI is InChI=1S/C16H21N3O2/c1-11(15(17)20)18-14-9-8-13(10-19(2)16(14)21)12-6-4-3-5-7-12/h3-9,11,13-14,18H,10H2,1-2H3,(H2,17,20)/t11-,13+,14-/m0/s1. The molecule has 1 heterocycles. The Morgan fingerprint density at radius 3 is 2.62 bits per heavy atom. The Labute approximate surface area is 124 Å². The average molecular weight is 287 g/mol. The van der Waals surface area contributed by atoms with E-state index in [0.717, 1.165) is 5.56 Å². The van der Waals surface area contributed by atoms with Crippen molar-refractivity contribution in [3.8, 4) is 0 Å². The van der Waals surface area contributed by atoms with Crippen LogP contribution in [0.2, 0.25) is 0 Å². The van der Waals surface area contributed by atoms with E-state index in [2.05, 4.69) is 5.32 Å². The first kappa shape index (κ1) is 15.3. The van der Waals surface area contributed by atoms with Crippen molar-refractivity contribution in [1.82, 2.24) is 10.2 Å². The van der Waals surface area contributed by atoms with Gasteiger partial charge in [-0.3, -0.25) is 14.9 Å². The molecule has 112 valence electrons. The largest absolute Gasteiger partial charge is 0.368 e. The van der Waals surface area contributed by atoms with Gasteiger partial charge in [0.05, 0.1) is 6.04 Å². The molecule has 0 saturated carbocycles. The Hall–Kier alpha value is -2.14. The second kappa shape index (κ2) is 6.54. The number of benzene rings is 1. The minimum Gasteiger partial charge on any atom is -0.368 e. The van der Waals surface area contributed by atoms with E-state index in [9.17, 15) is 9.59 Å². The fourth-order valence-corrected chi connectivity index (χ4v) is 2.41. The topological polar surface area (TPSA) is 75.4 Å². The molecule has 1 aromatic carbocycles. The third-order valence-electron chi connectivity index (χ3n) is 3.73. The van der Waals surface area contributed by atoms with Crippen LogP contribution in [0.5, 0.6) is 0 Å². The van der Waals surface area contributed by atoms with Gasteiger partial charge >= 0.3 is 0 Å². The van der Waals surface area contributed by atoms with Gasteiger partial charge in [0.15, 0.2) is 0 Å². The number of primary amides is 1. The van der Waals surface area contributed by atoms with E-state index in [1.165, 1.54) is 0 Å². The fourth-order valence-electron chi connectivity index (χ4n) is 2.41. The molecule has 2 amide bonds. The smallest absolute Gasteiger partial charge is 0.243 e. The van der Waals surface area contributed by atoms with Crippen LogP contribution < -0.4 is 11.1 Å². The van der Waals surface area contributed by atoms with Gasteiger partial charge in [0, 0.05) is 19.5 Å². The van der Waals surface area contributed by atoms with E-state index < -0.39 is 18.0 Å². The molecule has 0 radical (unpaired) electrons. The Morgan fingerprint density at radius 2 is 2.00 bits per heavy atom. The molecule has 21 heavy (non-hydrogen) atoms. The molecule has 1 aliphatic heterocycles. The van der Waals surface area contributed by atoms with Crippen molar-refractivity contribution in [1.29, 1.82) is 0 Å². The molecule has 0 fully saturated rings. The van der Waals surface area contributed by atoms with E-state index in [1.54, 1.807) is 18.9 Å². The Kier molecular flexibility index (Phi) is 4.75. The lowest BCUT2D eigenvalue weighted by Gasteiger charge is -2.23. The molecule has 3 N–H and O–H groups in total. The maximum Gasteiger partial charge on any atom is 0.243 e. The number of amides is 2. The fraction of sp³-hybridized carbons (Fsp3) is 0.375. The first-order valence-electron chi connectivity index (χ1n) is 7.02. The SMILES string of the molecule is C[C@H](N[C@H]1C=C[C@@H](c2ccccc2)CN(C)C1=O)C(N)=O. The number of carbonyl (C=O) groups excluding carboxylic acids is 2. The van der Waals surface area contributed by atoms with Crippen molar-refractivity contribution >= 4 is 11.8 Å². The highest BCUT2D eigenvalue weighted by Crippen LogP contribution is 2.21. The molecule has 0 aromatic heterocycles. The van der Waals surface area contributed by atoms with Crippen molar-refractivity contribution < 1.29 is 9.59 Å². The van der Waals surface area contributed by atoms with Crippen LogP contribution in [0.15, 0.2) is 42.5 Å². The molecule has 1 aromatic rings. The number of carbonyl (C=O) groups is 2. The molecule has 1 aliphatic rings. The van der Waals surface area contributed by atoms with Gasteiger partial charge in [-0.2, -0.15) is 0 Å². The number of hydrogen-bond acceptors (Lipinski definition) is 3. The molecule has 0 bridgehead atoms. The number of rotatable bonds is 4. The summed E-state index contributed by atoms with van der Waals surface area (Å²) >= 11 is 0. The van der Waals surface area contributed by atoms with Crippen molar-refractivity contribution in [2.45, 2.75) is 24.9 Å². The number of nitrogens with two attached hydrogens (primary N) is 1. The first-order chi connectivity index (χ1) is 9.99. The maximum absolute atomic E-state index is 12.3. The highest BCUT2D eigenvalue weighted by Gasteiger charge is 2.27. The van der Waals surface area contributed by atoms with Crippen LogP contribution in [0.25, 0.3) is 0 Å². The van der Waals surface area contributed by atoms with Gasteiger partial charge in [-0.15, -0.1) is 0 Å². The lowest BCUT2D eigenvalue weighted by atomic mass is 9.98. The zero-order valence-corrected chi connectivity index (χ0v) is 12.3. The number of hydrogen-bond donors (Lipinski definition) is 2. The summed E-state index contributed by atoms with van der Waals surface area (Å²) in [7, 11) is 1.77. The highest BCUT2D eigenvalue weighted by atomic mass is 16.2. The third kappa shape index (κ3) is 3.70. The Bertz CT molecular complexity index is 542. The summed E-state index contributed by atoms with van der Waals surface area (Å²) in [5.74, 6) is -0.378. The van der Waals surface area contributed by atoms with Crippen molar-refractivity contribution in [2.24, 2.45) is 5.73 Å². The molecule has 0 aliphatic carbocycles. The van der Waals surface area contributed by atoms with E-state index >= 15 is 0 Å². The lowest BCUT2D eigenvalue weighted by molar-refractivity contribution is -0.131. The third-order valence-corrected chi connectivity index (χ3v) is 3.73. The number of nitrogens with zero attached hydrogens (tertiary/aromatic N) is 1. The summed E-state index contributed by atoms with van der Waals surface area (Å²) in [4.78, 5) is 25.2. The molecule has 0 saturated heterocycles. The second-order valence-corrected chi connectivity index (χ2v) is 5.39. The molecule has 0 spiro atoms. The summed E-state index contributed by atoms with van der Waals surface area (Å²) in [6.07, 6.45) is 3.84. The van der Waals surface area contributed by atoms with Gasteiger partial charge in [-0.1, -0.05) is 42.5 Å². The summed E-state index contributed by atoms with van der Waals surface area (Å²) in [5.41, 5.74) is 6.40. The summed E-state index contributed by atoms with van der Waals surface area (Å²) in [6.45, 7) is 2.27. The molecular formula is C16H21N3O2. The molecule has 2 rings (SSSR count). The molecule has 5 nitrogen and oxygen atoms in total. The van der Waals surface area contributed by atoms with E-state index in [0.29, 0.717) is 6.54 Å².